The van der Waals surface area contributed by atoms with Crippen molar-refractivity contribution in [2.24, 2.45) is 0 Å². The van der Waals surface area contributed by atoms with Crippen molar-refractivity contribution in [3.8, 4) is 34.5 Å². The molecule has 10 heteroatoms. The van der Waals surface area contributed by atoms with E-state index in [0.717, 1.165) is 60.8 Å². The van der Waals surface area contributed by atoms with Gasteiger partial charge in [-0.05, 0) is 255 Å². The lowest BCUT2D eigenvalue weighted by atomic mass is 9.82. The van der Waals surface area contributed by atoms with Crippen molar-refractivity contribution in [1.82, 2.24) is 0 Å². The Balaban J connectivity index is 0.000000234. The smallest absolute Gasteiger partial charge is 0.338 e. The predicted molar refractivity (Wildman–Crippen MR) is 433 cm³/mol. The summed E-state index contributed by atoms with van der Waals surface area (Å²) in [4.78, 5) is 12.2. The van der Waals surface area contributed by atoms with E-state index in [1.54, 1.807) is 36.4 Å². The molecule has 8 atom stereocenters. The lowest BCUT2D eigenvalue weighted by Gasteiger charge is -2.26. The summed E-state index contributed by atoms with van der Waals surface area (Å²) in [6.07, 6.45) is 19.5. The minimum Gasteiger partial charge on any atom is -0.508 e. The molecule has 8 aromatic carbocycles. The molecule has 0 radical (unpaired) electrons. The van der Waals surface area contributed by atoms with Crippen molar-refractivity contribution < 1.29 is 48.5 Å². The van der Waals surface area contributed by atoms with Crippen molar-refractivity contribution in [1.29, 1.82) is 0 Å². The van der Waals surface area contributed by atoms with Crippen LogP contribution in [0, 0.1) is 0 Å². The van der Waals surface area contributed by atoms with Gasteiger partial charge >= 0.3 is 5.97 Å². The second-order valence-electron chi connectivity index (χ2n) is 29.1. The van der Waals surface area contributed by atoms with Gasteiger partial charge < -0.3 is 43.7 Å². The fourth-order valence-electron chi connectivity index (χ4n) is 12.2. The molecule has 2 fully saturated rings. The van der Waals surface area contributed by atoms with Crippen LogP contribution in [0.25, 0.3) is 0 Å². The van der Waals surface area contributed by atoms with E-state index in [4.69, 9.17) is 43.7 Å². The van der Waals surface area contributed by atoms with Crippen LogP contribution in [0.4, 0.5) is 0 Å². The number of phenols is 3. The Labute approximate surface area is 628 Å². The summed E-state index contributed by atoms with van der Waals surface area (Å²) in [6, 6.07) is 65.2. The van der Waals surface area contributed by atoms with Crippen LogP contribution < -0.4 is 14.2 Å². The Hall–Kier alpha value is -8.05. The maximum atomic E-state index is 12.2. The van der Waals surface area contributed by atoms with Crippen LogP contribution in [-0.2, 0) is 19.6 Å². The van der Waals surface area contributed by atoms with E-state index in [1.165, 1.54) is 110 Å². The summed E-state index contributed by atoms with van der Waals surface area (Å²) in [6.45, 7) is 35.4. The molecule has 566 valence electrons. The van der Waals surface area contributed by atoms with Crippen LogP contribution in [0.15, 0.2) is 200 Å². The molecular formula is C94H130O10. The molecule has 10 nitrogen and oxygen atoms in total. The zero-order valence-electron chi connectivity index (χ0n) is 66.3. The molecule has 8 aromatic rings. The molecule has 0 aliphatic heterocycles. The molecule has 0 amide bonds. The minimum atomic E-state index is -0.304. The molecule has 10 rings (SSSR count). The maximum Gasteiger partial charge on any atom is 0.338 e. The molecule has 0 heterocycles. The first kappa shape index (κ1) is 86.6. The van der Waals surface area contributed by atoms with E-state index in [9.17, 15) is 4.79 Å². The summed E-state index contributed by atoms with van der Waals surface area (Å²) in [7, 11) is 0. The Bertz CT molecular complexity index is 3380. The summed E-state index contributed by atoms with van der Waals surface area (Å²) >= 11 is 0. The number of carbonyl (C=O) groups is 1. The Morgan fingerprint density at radius 2 is 0.769 bits per heavy atom. The molecule has 104 heavy (non-hydrogen) atoms. The lowest BCUT2D eigenvalue weighted by molar-refractivity contribution is -0.116. The SMILES string of the molecule is CCC(C)(C)c1ccc(C(=O)OC(C)c2ccccc2)cc1.CCC(C)c1ccc(O)cc1.CCC(C)c1ccc(O)cc1.CCC(C)c1ccc(O)cc1.CCC(C)c1ccc(OC(C)OC2CCCCC2)cc1.CCC(C)c1ccc(OC(C)OCCOc2ccc(C3CCCCC3)cc2)cc1. The number of hydrogen-bond donors (Lipinski definition) is 3. The van der Waals surface area contributed by atoms with E-state index in [1.807, 2.05) is 124 Å². The molecule has 0 saturated heterocycles. The number of phenolic OH excluding ortho intramolecular Hbond substituents is 3. The summed E-state index contributed by atoms with van der Waals surface area (Å²) < 4.78 is 34.8. The number of hydrogen-bond acceptors (Lipinski definition) is 10. The van der Waals surface area contributed by atoms with Gasteiger partial charge in [0.05, 0.1) is 18.3 Å². The Kier molecular flexibility index (Phi) is 39.5. The van der Waals surface area contributed by atoms with Gasteiger partial charge in [-0.3, -0.25) is 0 Å². The van der Waals surface area contributed by atoms with Crippen LogP contribution >= 0.6 is 0 Å². The predicted octanol–water partition coefficient (Wildman–Crippen LogP) is 26.4. The standard InChI is InChI=1S/C26H36O3.C20H24O2.C18H28O2.3C10H14O/c1-4-20(2)22-10-16-26(17-11-22)29-21(3)27-18-19-28-25-14-12-24(13-15-25)23-8-6-5-7-9-23;1-5-20(3,4)18-13-11-17(12-14-18)19(21)22-15(2)16-9-7-6-8-10-16;1-4-14(2)16-10-12-18(13-11-16)20-15(3)19-17-8-6-5-7-9-17;3*1-3-8(2)9-4-6-10(11)7-5-9/h10-17,20-21,23H,4-9,18-19H2,1-3H3;6-15H,5H2,1-4H3;10-15,17H,4-9H2,1-3H3;3*4-8,11H,3H2,1-2H3. The Morgan fingerprint density at radius 1 is 0.404 bits per heavy atom. The summed E-state index contributed by atoms with van der Waals surface area (Å²) in [5, 5.41) is 27.0. The molecule has 8 unspecified atom stereocenters. The van der Waals surface area contributed by atoms with E-state index in [-0.39, 0.29) is 30.1 Å². The summed E-state index contributed by atoms with van der Waals surface area (Å²) in [5.74, 6) is 7.10. The minimum absolute atomic E-state index is 0.125. The molecule has 2 saturated carbocycles. The van der Waals surface area contributed by atoms with Crippen LogP contribution in [0.5, 0.6) is 34.5 Å². The zero-order valence-corrected chi connectivity index (χ0v) is 66.3. The summed E-state index contributed by atoms with van der Waals surface area (Å²) in [5.41, 5.74) is 11.0. The van der Waals surface area contributed by atoms with Gasteiger partial charge in [0.15, 0.2) is 12.6 Å². The largest absolute Gasteiger partial charge is 0.508 e. The average molecular weight is 1420 g/mol. The van der Waals surface area contributed by atoms with E-state index >= 15 is 0 Å². The highest BCUT2D eigenvalue weighted by Gasteiger charge is 2.21. The topological polar surface area (TPSA) is 133 Å². The fraction of sp³-hybridized carbons (Fsp3) is 0.479. The number of ether oxygens (including phenoxy) is 6. The number of rotatable bonds is 27. The first-order valence-electron chi connectivity index (χ1n) is 39.3. The van der Waals surface area contributed by atoms with Crippen molar-refractivity contribution in [3.63, 3.8) is 0 Å². The van der Waals surface area contributed by atoms with Crippen LogP contribution in [-0.4, -0.2) is 53.2 Å². The van der Waals surface area contributed by atoms with E-state index < -0.39 is 0 Å². The monoisotopic (exact) mass is 1420 g/mol. The second kappa shape index (κ2) is 47.4. The molecule has 0 aromatic heterocycles. The van der Waals surface area contributed by atoms with Crippen molar-refractivity contribution in [2.75, 3.05) is 13.2 Å². The lowest BCUT2D eigenvalue weighted by Crippen LogP contribution is -2.26. The van der Waals surface area contributed by atoms with Crippen LogP contribution in [0.2, 0.25) is 0 Å². The third kappa shape index (κ3) is 31.7. The molecule has 0 spiro atoms. The quantitative estimate of drug-likeness (QED) is 0.0260. The third-order valence-electron chi connectivity index (χ3n) is 20.9. The Morgan fingerprint density at radius 3 is 1.15 bits per heavy atom. The number of carbonyl (C=O) groups excluding carboxylic acids is 1. The van der Waals surface area contributed by atoms with Gasteiger partial charge in [-0.25, -0.2) is 4.79 Å². The van der Waals surface area contributed by atoms with Gasteiger partial charge in [-0.15, -0.1) is 0 Å². The number of benzene rings is 8. The highest BCUT2D eigenvalue weighted by atomic mass is 16.7. The average Bonchev–Trinajstić information content (AvgIpc) is 0.835. The third-order valence-corrected chi connectivity index (χ3v) is 20.9. The van der Waals surface area contributed by atoms with Crippen LogP contribution in [0.3, 0.4) is 0 Å². The van der Waals surface area contributed by atoms with Gasteiger partial charge in [0.2, 0.25) is 0 Å². The number of aromatic hydroxyl groups is 3. The van der Waals surface area contributed by atoms with E-state index in [2.05, 4.69) is 151 Å². The maximum absolute atomic E-state index is 12.2. The first-order chi connectivity index (χ1) is 50.0. The van der Waals surface area contributed by atoms with Crippen molar-refractivity contribution >= 4 is 5.97 Å². The first-order valence-corrected chi connectivity index (χ1v) is 39.3. The van der Waals surface area contributed by atoms with Gasteiger partial charge in [-0.1, -0.05) is 244 Å². The normalized spacial score (nSPS) is 15.3. The van der Waals surface area contributed by atoms with Gasteiger partial charge in [0.1, 0.15) is 47.2 Å². The molecular weight excluding hydrogens is 1290 g/mol. The van der Waals surface area contributed by atoms with E-state index in [0.29, 0.717) is 71.7 Å². The second-order valence-corrected chi connectivity index (χ2v) is 29.1. The number of esters is 1. The zero-order chi connectivity index (χ0) is 75.8. The van der Waals surface area contributed by atoms with Crippen LogP contribution in [0.1, 0.15) is 310 Å². The molecule has 2 aliphatic carbocycles. The van der Waals surface area contributed by atoms with Gasteiger partial charge in [0, 0.05) is 0 Å². The highest BCUT2D eigenvalue weighted by Crippen LogP contribution is 2.34. The van der Waals surface area contributed by atoms with Gasteiger partial charge in [-0.2, -0.15) is 0 Å². The molecule has 3 N–H and O–H groups in total. The molecule has 0 bridgehead atoms. The highest BCUT2D eigenvalue weighted by molar-refractivity contribution is 5.89. The molecule has 2 aliphatic rings. The van der Waals surface area contributed by atoms with Gasteiger partial charge in [0.25, 0.3) is 0 Å². The van der Waals surface area contributed by atoms with Crippen molar-refractivity contribution in [3.05, 3.63) is 250 Å². The fourth-order valence-corrected chi connectivity index (χ4v) is 12.2. The van der Waals surface area contributed by atoms with Crippen molar-refractivity contribution in [2.45, 2.75) is 279 Å².